The van der Waals surface area contributed by atoms with E-state index in [1.807, 2.05) is 42.5 Å². The van der Waals surface area contributed by atoms with E-state index in [0.717, 1.165) is 15.7 Å². The summed E-state index contributed by atoms with van der Waals surface area (Å²) in [6.45, 7) is 0. The van der Waals surface area contributed by atoms with Crippen LogP contribution in [0.5, 0.6) is 0 Å². The number of rotatable bonds is 8. The molecule has 39 heavy (non-hydrogen) atoms. The first-order valence-corrected chi connectivity index (χ1v) is 12.5. The topological polar surface area (TPSA) is 102 Å². The molecule has 1 atom stereocenters. The van der Waals surface area contributed by atoms with E-state index in [4.69, 9.17) is 16.0 Å². The van der Waals surface area contributed by atoms with Crippen molar-refractivity contribution in [1.82, 2.24) is 4.57 Å². The zero-order valence-corrected chi connectivity index (χ0v) is 21.3. The molecule has 2 heterocycles. The van der Waals surface area contributed by atoms with Gasteiger partial charge in [0.25, 0.3) is 11.5 Å². The molecule has 2 N–H and O–H groups in total. The van der Waals surface area contributed by atoms with Crippen molar-refractivity contribution >= 4 is 29.2 Å². The summed E-state index contributed by atoms with van der Waals surface area (Å²) in [5.74, 6) is -1.68. The van der Waals surface area contributed by atoms with Gasteiger partial charge in [-0.05, 0) is 53.1 Å². The van der Waals surface area contributed by atoms with Crippen molar-refractivity contribution in [2.75, 3.05) is 5.32 Å². The molecule has 194 valence electrons. The minimum atomic E-state index is -1.23. The summed E-state index contributed by atoms with van der Waals surface area (Å²) in [4.78, 5) is 39.0. The number of amides is 1. The van der Waals surface area contributed by atoms with E-state index in [1.165, 1.54) is 24.8 Å². The fraction of sp³-hybridized carbons (Fsp3) is 0.0645. The summed E-state index contributed by atoms with van der Waals surface area (Å²) >= 11 is 5.97. The first-order chi connectivity index (χ1) is 18.9. The number of carbonyl (C=O) groups excluding carboxylic acids is 1. The van der Waals surface area contributed by atoms with Gasteiger partial charge in [-0.3, -0.25) is 14.2 Å². The fourth-order valence-corrected chi connectivity index (χ4v) is 4.42. The van der Waals surface area contributed by atoms with E-state index < -0.39 is 23.5 Å². The molecular formula is C31H23ClN2O5. The highest BCUT2D eigenvalue weighted by Gasteiger charge is 2.24. The molecule has 0 aliphatic carbocycles. The van der Waals surface area contributed by atoms with Crippen molar-refractivity contribution in [3.8, 4) is 22.3 Å². The van der Waals surface area contributed by atoms with Gasteiger partial charge in [0.2, 0.25) is 0 Å². The van der Waals surface area contributed by atoms with Crippen LogP contribution >= 0.6 is 11.6 Å². The molecule has 0 radical (unpaired) electrons. The molecule has 0 bridgehead atoms. The van der Waals surface area contributed by atoms with Gasteiger partial charge in [-0.25, -0.2) is 4.79 Å². The number of aromatic nitrogens is 1. The monoisotopic (exact) mass is 538 g/mol. The van der Waals surface area contributed by atoms with Crippen LogP contribution in [0.3, 0.4) is 0 Å². The maximum atomic E-state index is 13.5. The molecule has 1 amide bonds. The molecule has 0 aliphatic rings. The Morgan fingerprint density at radius 1 is 0.872 bits per heavy atom. The Hall–Kier alpha value is -4.88. The number of carboxylic acids is 1. The first kappa shape index (κ1) is 25.8. The maximum Gasteiger partial charge on any atom is 0.327 e. The lowest BCUT2D eigenvalue weighted by Crippen LogP contribution is -2.33. The number of hydrogen-bond donors (Lipinski definition) is 2. The van der Waals surface area contributed by atoms with Gasteiger partial charge in [-0.2, -0.15) is 0 Å². The van der Waals surface area contributed by atoms with Crippen LogP contribution in [0, 0.1) is 0 Å². The summed E-state index contributed by atoms with van der Waals surface area (Å²) in [6.07, 6.45) is 4.45. The highest BCUT2D eigenvalue weighted by atomic mass is 35.5. The predicted molar refractivity (Wildman–Crippen MR) is 150 cm³/mol. The molecule has 1 unspecified atom stereocenters. The molecule has 0 saturated carbocycles. The van der Waals surface area contributed by atoms with Crippen LogP contribution in [0.2, 0.25) is 5.02 Å². The fourth-order valence-electron chi connectivity index (χ4n) is 4.30. The van der Waals surface area contributed by atoms with Gasteiger partial charge in [0.15, 0.2) is 0 Å². The molecule has 7 nitrogen and oxygen atoms in total. The summed E-state index contributed by atoms with van der Waals surface area (Å²) in [6, 6.07) is 25.5. The summed E-state index contributed by atoms with van der Waals surface area (Å²) < 4.78 is 6.32. The molecule has 5 aromatic rings. The molecule has 0 fully saturated rings. The minimum Gasteiger partial charge on any atom is -0.480 e. The second kappa shape index (κ2) is 11.2. The van der Waals surface area contributed by atoms with Crippen LogP contribution in [0.25, 0.3) is 22.3 Å². The van der Waals surface area contributed by atoms with Gasteiger partial charge in [0.1, 0.15) is 11.7 Å². The molecule has 0 aliphatic heterocycles. The van der Waals surface area contributed by atoms with Gasteiger partial charge >= 0.3 is 5.97 Å². The lowest BCUT2D eigenvalue weighted by Gasteiger charge is -2.19. The van der Waals surface area contributed by atoms with Crippen LogP contribution < -0.4 is 10.9 Å². The Labute approximate surface area is 228 Å². The van der Waals surface area contributed by atoms with Crippen molar-refractivity contribution in [2.45, 2.75) is 12.5 Å². The number of hydrogen-bond acceptors (Lipinski definition) is 4. The molecule has 8 heteroatoms. The predicted octanol–water partition coefficient (Wildman–Crippen LogP) is 6.55. The van der Waals surface area contributed by atoms with Gasteiger partial charge in [-0.1, -0.05) is 66.2 Å². The average Bonchev–Trinajstić information content (AvgIpc) is 3.50. The Bertz CT molecular complexity index is 1660. The number of anilines is 1. The second-order valence-electron chi connectivity index (χ2n) is 8.95. The van der Waals surface area contributed by atoms with Crippen molar-refractivity contribution in [2.24, 2.45) is 0 Å². The van der Waals surface area contributed by atoms with E-state index in [2.05, 4.69) is 5.32 Å². The summed E-state index contributed by atoms with van der Waals surface area (Å²) in [5.41, 5.74) is 3.46. The van der Waals surface area contributed by atoms with Crippen LogP contribution in [0.4, 0.5) is 5.69 Å². The zero-order valence-electron chi connectivity index (χ0n) is 20.6. The third-order valence-corrected chi connectivity index (χ3v) is 6.61. The maximum absolute atomic E-state index is 13.5. The first-order valence-electron chi connectivity index (χ1n) is 12.1. The molecule has 0 spiro atoms. The standard InChI is InChI=1S/C31H23ClN2O5/c32-26-12-6-20(7-13-26)16-28(31(37)38)34-18-25(24-14-15-39-19-24)17-27(30(34)36)33-29(35)23-10-8-22(9-11-23)21-4-2-1-3-5-21/h1-15,17-19,28H,16H2,(H,33,35)(H,37,38). The molecule has 5 rings (SSSR count). The number of nitrogens with one attached hydrogen (secondary N) is 1. The number of aliphatic carboxylic acids is 1. The minimum absolute atomic E-state index is 0.0373. The van der Waals surface area contributed by atoms with Crippen LogP contribution in [0.15, 0.2) is 119 Å². The van der Waals surface area contributed by atoms with Crippen LogP contribution in [0.1, 0.15) is 22.0 Å². The molecule has 3 aromatic carbocycles. The molecular weight excluding hydrogens is 516 g/mol. The van der Waals surface area contributed by atoms with Gasteiger partial charge in [-0.15, -0.1) is 0 Å². The van der Waals surface area contributed by atoms with E-state index in [-0.39, 0.29) is 12.1 Å². The Morgan fingerprint density at radius 3 is 2.21 bits per heavy atom. The Morgan fingerprint density at radius 2 is 1.56 bits per heavy atom. The normalized spacial score (nSPS) is 11.6. The van der Waals surface area contributed by atoms with E-state index in [0.29, 0.717) is 27.3 Å². The SMILES string of the molecule is O=C(Nc1cc(-c2ccoc2)cn(C(Cc2ccc(Cl)cc2)C(=O)O)c1=O)c1ccc(-c2ccccc2)cc1. The number of benzene rings is 3. The Kier molecular flexibility index (Phi) is 7.43. The Balaban J connectivity index is 1.49. The van der Waals surface area contributed by atoms with Crippen molar-refractivity contribution in [3.63, 3.8) is 0 Å². The second-order valence-corrected chi connectivity index (χ2v) is 9.39. The lowest BCUT2D eigenvalue weighted by atomic mass is 10.0. The van der Waals surface area contributed by atoms with Crippen LogP contribution in [-0.4, -0.2) is 21.6 Å². The largest absolute Gasteiger partial charge is 0.480 e. The summed E-state index contributed by atoms with van der Waals surface area (Å²) in [7, 11) is 0. The van der Waals surface area contributed by atoms with Crippen molar-refractivity contribution in [3.05, 3.63) is 136 Å². The van der Waals surface area contributed by atoms with Gasteiger partial charge in [0.05, 0.1) is 12.5 Å². The van der Waals surface area contributed by atoms with E-state index >= 15 is 0 Å². The third kappa shape index (κ3) is 5.84. The highest BCUT2D eigenvalue weighted by Crippen LogP contribution is 2.25. The molecule has 0 saturated heterocycles. The number of nitrogens with zero attached hydrogens (tertiary/aromatic N) is 1. The van der Waals surface area contributed by atoms with Crippen LogP contribution in [-0.2, 0) is 11.2 Å². The zero-order chi connectivity index (χ0) is 27.4. The third-order valence-electron chi connectivity index (χ3n) is 6.36. The smallest absolute Gasteiger partial charge is 0.327 e. The highest BCUT2D eigenvalue weighted by molar-refractivity contribution is 6.30. The molecule has 2 aromatic heterocycles. The number of pyridine rings is 1. The number of halogens is 1. The van der Waals surface area contributed by atoms with Crippen molar-refractivity contribution < 1.29 is 19.1 Å². The number of carbonyl (C=O) groups is 2. The average molecular weight is 539 g/mol. The number of furan rings is 1. The van der Waals surface area contributed by atoms with Gasteiger partial charge in [0, 0.05) is 34.3 Å². The quantitative estimate of drug-likeness (QED) is 0.233. The van der Waals surface area contributed by atoms with E-state index in [1.54, 1.807) is 42.5 Å². The van der Waals surface area contributed by atoms with E-state index in [9.17, 15) is 19.5 Å². The number of carboxylic acid groups (broad SMARTS) is 1. The van der Waals surface area contributed by atoms with Crippen molar-refractivity contribution in [1.29, 1.82) is 0 Å². The van der Waals surface area contributed by atoms with Gasteiger partial charge < -0.3 is 14.8 Å². The lowest BCUT2D eigenvalue weighted by molar-refractivity contribution is -0.141. The summed E-state index contributed by atoms with van der Waals surface area (Å²) in [5, 5.41) is 13.3.